The first kappa shape index (κ1) is 11.8. The van der Waals surface area contributed by atoms with E-state index in [1.165, 1.54) is 19.1 Å². The number of hydrogen-bond donors (Lipinski definition) is 0. The van der Waals surface area contributed by atoms with Crippen molar-refractivity contribution in [3.8, 4) is 11.1 Å². The van der Waals surface area contributed by atoms with Gasteiger partial charge in [0.15, 0.2) is 0 Å². The fraction of sp³-hybridized carbons (Fsp3) is 0.308. The van der Waals surface area contributed by atoms with E-state index in [9.17, 15) is 8.78 Å². The molecule has 0 aliphatic carbocycles. The highest BCUT2D eigenvalue weighted by atomic mass is 19.1. The molecule has 0 unspecified atom stereocenters. The Labute approximate surface area is 98.9 Å². The summed E-state index contributed by atoms with van der Waals surface area (Å²) in [6, 6.07) is 2.71. The smallest absolute Gasteiger partial charge is 0.129 e. The number of halogens is 2. The number of hydrogen-bond acceptors (Lipinski definition) is 1. The summed E-state index contributed by atoms with van der Waals surface area (Å²) in [7, 11) is 1.81. The summed E-state index contributed by atoms with van der Waals surface area (Å²) in [4.78, 5) is 0. The second kappa shape index (κ2) is 3.95. The van der Waals surface area contributed by atoms with Gasteiger partial charge in [-0.2, -0.15) is 5.10 Å². The van der Waals surface area contributed by atoms with Crippen LogP contribution in [0.4, 0.5) is 8.78 Å². The van der Waals surface area contributed by atoms with E-state index >= 15 is 0 Å². The van der Waals surface area contributed by atoms with E-state index in [-0.39, 0.29) is 5.56 Å². The molecular weight excluding hydrogens is 222 g/mol. The molecule has 0 radical (unpaired) electrons. The second-order valence-corrected chi connectivity index (χ2v) is 4.23. The van der Waals surface area contributed by atoms with Crippen molar-refractivity contribution >= 4 is 0 Å². The lowest BCUT2D eigenvalue weighted by Crippen LogP contribution is -1.94. The summed E-state index contributed by atoms with van der Waals surface area (Å²) in [5.41, 5.74) is 3.05. The summed E-state index contributed by atoms with van der Waals surface area (Å²) in [5, 5.41) is 4.24. The van der Waals surface area contributed by atoms with Gasteiger partial charge in [-0.25, -0.2) is 8.78 Å². The van der Waals surface area contributed by atoms with Gasteiger partial charge in [0, 0.05) is 23.9 Å². The van der Waals surface area contributed by atoms with Gasteiger partial charge in [-0.05, 0) is 38.5 Å². The maximum atomic E-state index is 13.5. The van der Waals surface area contributed by atoms with Gasteiger partial charge in [-0.3, -0.25) is 4.68 Å². The predicted octanol–water partition coefficient (Wildman–Crippen LogP) is 3.29. The molecule has 1 aromatic heterocycles. The fourth-order valence-corrected chi connectivity index (χ4v) is 1.98. The zero-order chi connectivity index (χ0) is 12.7. The van der Waals surface area contributed by atoms with Crippen LogP contribution in [0.3, 0.4) is 0 Å². The molecule has 2 aromatic rings. The summed E-state index contributed by atoms with van der Waals surface area (Å²) < 4.78 is 28.8. The molecule has 2 nitrogen and oxygen atoms in total. The van der Waals surface area contributed by atoms with Crippen LogP contribution in [0.1, 0.15) is 17.0 Å². The summed E-state index contributed by atoms with van der Waals surface area (Å²) in [6.07, 6.45) is 0. The molecule has 0 fully saturated rings. The molecule has 1 aromatic carbocycles. The number of aryl methyl sites for hydroxylation is 2. The van der Waals surface area contributed by atoms with Gasteiger partial charge in [0.2, 0.25) is 0 Å². The maximum Gasteiger partial charge on any atom is 0.129 e. The molecule has 2 rings (SSSR count). The van der Waals surface area contributed by atoms with Crippen molar-refractivity contribution in [2.45, 2.75) is 20.8 Å². The standard InChI is InChI=1S/C13H14F2N2/c1-7-11(14)5-10(6-12(7)15)13-8(2)16-17(4)9(13)3/h5-6H,1-4H3. The SMILES string of the molecule is Cc1nn(C)c(C)c1-c1cc(F)c(C)c(F)c1. The van der Waals surface area contributed by atoms with Crippen LogP contribution < -0.4 is 0 Å². The first-order chi connectivity index (χ1) is 7.91. The van der Waals surface area contributed by atoms with Gasteiger partial charge < -0.3 is 0 Å². The summed E-state index contributed by atoms with van der Waals surface area (Å²) in [6.45, 7) is 5.14. The lowest BCUT2D eigenvalue weighted by molar-refractivity contribution is 0.569. The molecule has 0 aliphatic rings. The molecular formula is C13H14F2N2. The minimum absolute atomic E-state index is 0.0490. The molecule has 90 valence electrons. The topological polar surface area (TPSA) is 17.8 Å². The summed E-state index contributed by atoms with van der Waals surface area (Å²) >= 11 is 0. The van der Waals surface area contributed by atoms with Crippen LogP contribution in [0, 0.1) is 32.4 Å². The predicted molar refractivity (Wildman–Crippen MR) is 62.8 cm³/mol. The fourth-order valence-electron chi connectivity index (χ4n) is 1.98. The number of rotatable bonds is 1. The quantitative estimate of drug-likeness (QED) is 0.743. The van der Waals surface area contributed by atoms with Gasteiger partial charge in [0.1, 0.15) is 11.6 Å². The number of aromatic nitrogens is 2. The molecule has 0 saturated heterocycles. The van der Waals surface area contributed by atoms with E-state index in [4.69, 9.17) is 0 Å². The molecule has 0 amide bonds. The maximum absolute atomic E-state index is 13.5. The number of benzene rings is 1. The lowest BCUT2D eigenvalue weighted by Gasteiger charge is -2.05. The van der Waals surface area contributed by atoms with E-state index in [0.717, 1.165) is 17.0 Å². The molecule has 0 atom stereocenters. The van der Waals surface area contributed by atoms with Gasteiger partial charge in [0.25, 0.3) is 0 Å². The molecule has 17 heavy (non-hydrogen) atoms. The first-order valence-corrected chi connectivity index (χ1v) is 5.38. The van der Waals surface area contributed by atoms with Crippen molar-refractivity contribution in [1.29, 1.82) is 0 Å². The zero-order valence-electron chi connectivity index (χ0n) is 10.3. The average Bonchev–Trinajstić information content (AvgIpc) is 2.49. The average molecular weight is 236 g/mol. The van der Waals surface area contributed by atoms with Crippen LogP contribution >= 0.6 is 0 Å². The molecule has 0 N–H and O–H groups in total. The Balaban J connectivity index is 2.69. The molecule has 0 bridgehead atoms. The third-order valence-electron chi connectivity index (χ3n) is 3.08. The highest BCUT2D eigenvalue weighted by Gasteiger charge is 2.15. The van der Waals surface area contributed by atoms with Crippen molar-refractivity contribution in [3.05, 3.63) is 40.7 Å². The van der Waals surface area contributed by atoms with Gasteiger partial charge in [0.05, 0.1) is 5.69 Å². The van der Waals surface area contributed by atoms with Crippen molar-refractivity contribution in [2.75, 3.05) is 0 Å². The monoisotopic (exact) mass is 236 g/mol. The largest absolute Gasteiger partial charge is 0.272 e. The normalized spacial score (nSPS) is 10.9. The minimum atomic E-state index is -0.525. The third-order valence-corrected chi connectivity index (χ3v) is 3.08. The van der Waals surface area contributed by atoms with Gasteiger partial charge >= 0.3 is 0 Å². The van der Waals surface area contributed by atoms with Crippen LogP contribution in [0.2, 0.25) is 0 Å². The van der Waals surface area contributed by atoms with Crippen LogP contribution in [0.15, 0.2) is 12.1 Å². The van der Waals surface area contributed by atoms with Crippen molar-refractivity contribution in [3.63, 3.8) is 0 Å². The molecule has 0 saturated carbocycles. The lowest BCUT2D eigenvalue weighted by atomic mass is 10.0. The van der Waals surface area contributed by atoms with Crippen LogP contribution in [-0.4, -0.2) is 9.78 Å². The summed E-state index contributed by atoms with van der Waals surface area (Å²) in [5.74, 6) is -1.05. The van der Waals surface area contributed by atoms with Crippen LogP contribution in [0.5, 0.6) is 0 Å². The Morgan fingerprint density at radius 2 is 1.59 bits per heavy atom. The molecule has 4 heteroatoms. The van der Waals surface area contributed by atoms with E-state index < -0.39 is 11.6 Å². The van der Waals surface area contributed by atoms with Gasteiger partial charge in [-0.15, -0.1) is 0 Å². The number of nitrogens with zero attached hydrogens (tertiary/aromatic N) is 2. The Morgan fingerprint density at radius 1 is 1.06 bits per heavy atom. The van der Waals surface area contributed by atoms with Gasteiger partial charge in [-0.1, -0.05) is 0 Å². The third kappa shape index (κ3) is 1.84. The Morgan fingerprint density at radius 3 is 2.00 bits per heavy atom. The van der Waals surface area contributed by atoms with Crippen LogP contribution in [-0.2, 0) is 7.05 Å². The van der Waals surface area contributed by atoms with E-state index in [1.807, 2.05) is 20.9 Å². The molecule has 1 heterocycles. The molecule has 0 aliphatic heterocycles. The Kier molecular flexibility index (Phi) is 2.73. The minimum Gasteiger partial charge on any atom is -0.272 e. The highest BCUT2D eigenvalue weighted by Crippen LogP contribution is 2.29. The second-order valence-electron chi connectivity index (χ2n) is 4.23. The van der Waals surface area contributed by atoms with Crippen LogP contribution in [0.25, 0.3) is 11.1 Å². The van der Waals surface area contributed by atoms with Crippen molar-refractivity contribution in [1.82, 2.24) is 9.78 Å². The Hall–Kier alpha value is -1.71. The Bertz CT molecular complexity index is 562. The van der Waals surface area contributed by atoms with E-state index in [1.54, 1.807) is 4.68 Å². The molecule has 0 spiro atoms. The first-order valence-electron chi connectivity index (χ1n) is 5.38. The van der Waals surface area contributed by atoms with E-state index in [2.05, 4.69) is 5.10 Å². The van der Waals surface area contributed by atoms with Crippen molar-refractivity contribution < 1.29 is 8.78 Å². The van der Waals surface area contributed by atoms with E-state index in [0.29, 0.717) is 5.56 Å². The highest BCUT2D eigenvalue weighted by molar-refractivity contribution is 5.69. The van der Waals surface area contributed by atoms with Crippen molar-refractivity contribution in [2.24, 2.45) is 7.05 Å². The zero-order valence-corrected chi connectivity index (χ0v) is 10.3.